The van der Waals surface area contributed by atoms with Crippen molar-refractivity contribution in [3.05, 3.63) is 54.1 Å². The minimum atomic E-state index is 0.740. The fourth-order valence-electron chi connectivity index (χ4n) is 2.40. The van der Waals surface area contributed by atoms with Crippen LogP contribution in [0.1, 0.15) is 18.4 Å². The van der Waals surface area contributed by atoms with E-state index >= 15 is 0 Å². The van der Waals surface area contributed by atoms with Crippen LogP contribution in [0, 0.1) is 0 Å². The molecule has 0 bridgehead atoms. The Labute approximate surface area is 118 Å². The average Bonchev–Trinajstić information content (AvgIpc) is 2.77. The van der Waals surface area contributed by atoms with Gasteiger partial charge in [0.1, 0.15) is 5.82 Å². The fraction of sp³-hybridized carbons (Fsp3) is 0.250. The molecular weight excluding hydrogens is 248 g/mol. The van der Waals surface area contributed by atoms with Crippen molar-refractivity contribution in [3.8, 4) is 0 Å². The number of nitrogens with one attached hydrogen (secondary N) is 1. The molecule has 3 aromatic rings. The average molecular weight is 266 g/mol. The number of nitrogens with zero attached hydrogens (tertiary/aromatic N) is 3. The maximum absolute atomic E-state index is 4.69. The molecule has 102 valence electrons. The molecule has 20 heavy (non-hydrogen) atoms. The molecule has 0 aliphatic heterocycles. The van der Waals surface area contributed by atoms with Gasteiger partial charge < -0.3 is 9.88 Å². The van der Waals surface area contributed by atoms with E-state index in [9.17, 15) is 0 Å². The van der Waals surface area contributed by atoms with E-state index in [1.165, 1.54) is 0 Å². The molecule has 0 atom stereocenters. The smallest absolute Gasteiger partial charge is 0.115 e. The normalized spacial score (nSPS) is 10.9. The second-order valence-electron chi connectivity index (χ2n) is 4.82. The van der Waals surface area contributed by atoms with Gasteiger partial charge in [0.05, 0.1) is 11.0 Å². The Morgan fingerprint density at radius 1 is 1.20 bits per heavy atom. The Kier molecular flexibility index (Phi) is 3.37. The molecule has 0 spiro atoms. The summed E-state index contributed by atoms with van der Waals surface area (Å²) in [7, 11) is 2.05. The standard InChI is InChI=1S/C16H18N4/c1-3-17-12-8-9-18-13(10-12)11-16-19-14-6-4-5-7-15(14)20(16)2/h4-10H,3,11H2,1-2H3,(H,17,18). The van der Waals surface area contributed by atoms with Crippen LogP contribution < -0.4 is 5.32 Å². The van der Waals surface area contributed by atoms with E-state index in [0.717, 1.165) is 41.2 Å². The molecule has 2 heterocycles. The predicted molar refractivity (Wildman–Crippen MR) is 81.9 cm³/mol. The number of imidazole rings is 1. The highest BCUT2D eigenvalue weighted by Gasteiger charge is 2.08. The maximum atomic E-state index is 4.69. The lowest BCUT2D eigenvalue weighted by Crippen LogP contribution is -2.02. The summed E-state index contributed by atoms with van der Waals surface area (Å²) in [4.78, 5) is 9.12. The molecule has 0 saturated carbocycles. The second kappa shape index (κ2) is 5.33. The summed E-state index contributed by atoms with van der Waals surface area (Å²) < 4.78 is 2.14. The second-order valence-corrected chi connectivity index (χ2v) is 4.82. The number of hydrogen-bond donors (Lipinski definition) is 1. The molecule has 0 amide bonds. The Balaban J connectivity index is 1.93. The van der Waals surface area contributed by atoms with Crippen molar-refractivity contribution in [2.45, 2.75) is 13.3 Å². The minimum absolute atomic E-state index is 0.740. The van der Waals surface area contributed by atoms with E-state index in [1.54, 1.807) is 0 Å². The highest BCUT2D eigenvalue weighted by atomic mass is 15.1. The monoisotopic (exact) mass is 266 g/mol. The van der Waals surface area contributed by atoms with Crippen molar-refractivity contribution >= 4 is 16.7 Å². The van der Waals surface area contributed by atoms with Gasteiger partial charge in [0.25, 0.3) is 0 Å². The van der Waals surface area contributed by atoms with Crippen LogP contribution in [0.3, 0.4) is 0 Å². The van der Waals surface area contributed by atoms with Crippen LogP contribution in [0.25, 0.3) is 11.0 Å². The van der Waals surface area contributed by atoms with Gasteiger partial charge in [-0.15, -0.1) is 0 Å². The van der Waals surface area contributed by atoms with E-state index in [2.05, 4.69) is 46.0 Å². The van der Waals surface area contributed by atoms with Gasteiger partial charge in [0.2, 0.25) is 0 Å². The van der Waals surface area contributed by atoms with Gasteiger partial charge >= 0.3 is 0 Å². The lowest BCUT2D eigenvalue weighted by atomic mass is 10.2. The van der Waals surface area contributed by atoms with Crippen molar-refractivity contribution in [1.82, 2.24) is 14.5 Å². The number of anilines is 1. The number of pyridine rings is 1. The molecule has 0 unspecified atom stereocenters. The van der Waals surface area contributed by atoms with Crippen molar-refractivity contribution < 1.29 is 0 Å². The number of aryl methyl sites for hydroxylation is 1. The number of benzene rings is 1. The largest absolute Gasteiger partial charge is 0.385 e. The van der Waals surface area contributed by atoms with E-state index < -0.39 is 0 Å². The molecule has 0 fully saturated rings. The molecule has 4 heteroatoms. The van der Waals surface area contributed by atoms with Crippen LogP contribution in [0.4, 0.5) is 5.69 Å². The number of fused-ring (bicyclic) bond motifs is 1. The molecule has 3 rings (SSSR count). The SMILES string of the molecule is CCNc1ccnc(Cc2nc3ccccc3n2C)c1. The molecule has 0 aliphatic rings. The predicted octanol–water partition coefficient (Wildman–Crippen LogP) is 2.99. The van der Waals surface area contributed by atoms with E-state index in [0.29, 0.717) is 0 Å². The van der Waals surface area contributed by atoms with Crippen molar-refractivity contribution in [2.75, 3.05) is 11.9 Å². The van der Waals surface area contributed by atoms with Gasteiger partial charge in [0, 0.05) is 37.6 Å². The lowest BCUT2D eigenvalue weighted by molar-refractivity contribution is 0.832. The summed E-state index contributed by atoms with van der Waals surface area (Å²) in [6, 6.07) is 12.3. The first-order valence-corrected chi connectivity index (χ1v) is 6.87. The van der Waals surface area contributed by atoms with Crippen molar-refractivity contribution in [3.63, 3.8) is 0 Å². The first-order chi connectivity index (χ1) is 9.78. The highest BCUT2D eigenvalue weighted by Crippen LogP contribution is 2.17. The molecule has 0 radical (unpaired) electrons. The summed E-state index contributed by atoms with van der Waals surface area (Å²) in [6.45, 7) is 3.00. The highest BCUT2D eigenvalue weighted by molar-refractivity contribution is 5.75. The molecule has 2 aromatic heterocycles. The van der Waals surface area contributed by atoms with Gasteiger partial charge in [-0.05, 0) is 31.2 Å². The zero-order valence-electron chi connectivity index (χ0n) is 11.8. The number of para-hydroxylation sites is 2. The van der Waals surface area contributed by atoms with Crippen LogP contribution in [0.5, 0.6) is 0 Å². The summed E-state index contributed by atoms with van der Waals surface area (Å²) >= 11 is 0. The van der Waals surface area contributed by atoms with Gasteiger partial charge in [-0.25, -0.2) is 4.98 Å². The number of hydrogen-bond acceptors (Lipinski definition) is 3. The van der Waals surface area contributed by atoms with Crippen LogP contribution in [-0.2, 0) is 13.5 Å². The van der Waals surface area contributed by atoms with Crippen LogP contribution in [-0.4, -0.2) is 21.1 Å². The number of aromatic nitrogens is 3. The molecular formula is C16H18N4. The zero-order chi connectivity index (χ0) is 13.9. The molecule has 0 aliphatic carbocycles. The minimum Gasteiger partial charge on any atom is -0.385 e. The van der Waals surface area contributed by atoms with Crippen molar-refractivity contribution in [1.29, 1.82) is 0 Å². The van der Waals surface area contributed by atoms with E-state index in [4.69, 9.17) is 0 Å². The zero-order valence-corrected chi connectivity index (χ0v) is 11.8. The lowest BCUT2D eigenvalue weighted by Gasteiger charge is -2.06. The maximum Gasteiger partial charge on any atom is 0.115 e. The summed E-state index contributed by atoms with van der Waals surface area (Å²) in [6.07, 6.45) is 2.58. The summed E-state index contributed by atoms with van der Waals surface area (Å²) in [5, 5.41) is 3.31. The Hall–Kier alpha value is -2.36. The van der Waals surface area contributed by atoms with Gasteiger partial charge in [-0.2, -0.15) is 0 Å². The van der Waals surface area contributed by atoms with Crippen LogP contribution in [0.2, 0.25) is 0 Å². The Morgan fingerprint density at radius 3 is 2.85 bits per heavy atom. The third-order valence-corrected chi connectivity index (χ3v) is 3.42. The van der Waals surface area contributed by atoms with Crippen LogP contribution >= 0.6 is 0 Å². The molecule has 1 aromatic carbocycles. The van der Waals surface area contributed by atoms with Gasteiger partial charge in [-0.1, -0.05) is 12.1 Å². The van der Waals surface area contributed by atoms with Crippen molar-refractivity contribution in [2.24, 2.45) is 7.05 Å². The van der Waals surface area contributed by atoms with Gasteiger partial charge in [0.15, 0.2) is 0 Å². The quantitative estimate of drug-likeness (QED) is 0.789. The first-order valence-electron chi connectivity index (χ1n) is 6.87. The van der Waals surface area contributed by atoms with E-state index in [-0.39, 0.29) is 0 Å². The van der Waals surface area contributed by atoms with E-state index in [1.807, 2.05) is 30.5 Å². The molecule has 1 N–H and O–H groups in total. The summed E-state index contributed by atoms with van der Waals surface area (Å²) in [5.41, 5.74) is 4.33. The Morgan fingerprint density at radius 2 is 2.05 bits per heavy atom. The summed E-state index contributed by atoms with van der Waals surface area (Å²) in [5.74, 6) is 1.03. The molecule has 0 saturated heterocycles. The Bertz CT molecular complexity index is 730. The fourth-order valence-corrected chi connectivity index (χ4v) is 2.40. The topological polar surface area (TPSA) is 42.7 Å². The number of rotatable bonds is 4. The van der Waals surface area contributed by atoms with Crippen LogP contribution in [0.15, 0.2) is 42.6 Å². The third kappa shape index (κ3) is 2.37. The first kappa shape index (κ1) is 12.7. The van der Waals surface area contributed by atoms with Gasteiger partial charge in [-0.3, -0.25) is 4.98 Å². The third-order valence-electron chi connectivity index (χ3n) is 3.42. The molecule has 4 nitrogen and oxygen atoms in total.